The molecular formula is C47H29N3O2. The van der Waals surface area contributed by atoms with Crippen LogP contribution in [0.15, 0.2) is 183 Å². The van der Waals surface area contributed by atoms with Crippen molar-refractivity contribution in [3.63, 3.8) is 0 Å². The van der Waals surface area contributed by atoms with Crippen molar-refractivity contribution in [3.8, 4) is 11.1 Å². The summed E-state index contributed by atoms with van der Waals surface area (Å²) in [6.07, 6.45) is -0.381. The first-order valence-corrected chi connectivity index (χ1v) is 17.5. The number of nitrogens with zero attached hydrogens (tertiary/aromatic N) is 2. The SMILES string of the molecule is c1ccc(C2=NC(c3cccc4oc5c(-c6cc7ccccc7c7ccccc67)cccc5c34)=NC(c3ccc4oc5ccccc5c4c3)N2)cc1. The number of amidine groups is 2. The predicted molar refractivity (Wildman–Crippen MR) is 213 cm³/mol. The molecule has 3 heterocycles. The second-order valence-corrected chi connectivity index (χ2v) is 13.3. The summed E-state index contributed by atoms with van der Waals surface area (Å²) in [6, 6.07) is 56.8. The second kappa shape index (κ2) is 11.3. The molecular weight excluding hydrogens is 639 g/mol. The van der Waals surface area contributed by atoms with Gasteiger partial charge in [-0.2, -0.15) is 0 Å². The van der Waals surface area contributed by atoms with Gasteiger partial charge in [-0.3, -0.25) is 0 Å². The fraction of sp³-hybridized carbons (Fsp3) is 0.0213. The Labute approximate surface area is 298 Å². The Morgan fingerprint density at radius 2 is 1.15 bits per heavy atom. The Bertz CT molecular complexity index is 3110. The molecule has 8 aromatic carbocycles. The standard InChI is InChI=1S/C47H29N3O2/c1-2-12-28(13-3-1)45-48-46(30-24-25-41-39(27-30)34-18-8-9-22-40(34)51-41)50-47(49-45)37-21-11-23-42-43(37)36-20-10-19-35(44(36)52-42)38-26-29-14-4-5-15-31(29)32-16-6-7-17-33(32)38/h1-27,46H,(H,48,49,50). The minimum atomic E-state index is -0.381. The van der Waals surface area contributed by atoms with Crippen LogP contribution in [0.1, 0.15) is 22.9 Å². The van der Waals surface area contributed by atoms with Crippen molar-refractivity contribution in [3.05, 3.63) is 180 Å². The number of aliphatic imine (C=N–C) groups is 2. The molecule has 1 aliphatic rings. The molecule has 52 heavy (non-hydrogen) atoms. The van der Waals surface area contributed by atoms with Crippen LogP contribution in [0.2, 0.25) is 0 Å². The van der Waals surface area contributed by atoms with Gasteiger partial charge < -0.3 is 14.2 Å². The largest absolute Gasteiger partial charge is 0.456 e. The summed E-state index contributed by atoms with van der Waals surface area (Å²) in [5.74, 6) is 1.41. The Balaban J connectivity index is 1.12. The molecule has 1 atom stereocenters. The summed E-state index contributed by atoms with van der Waals surface area (Å²) < 4.78 is 13.0. The number of fused-ring (bicyclic) bond motifs is 9. The van der Waals surface area contributed by atoms with Gasteiger partial charge in [0.1, 0.15) is 34.3 Å². The van der Waals surface area contributed by atoms with Gasteiger partial charge >= 0.3 is 0 Å². The molecule has 0 radical (unpaired) electrons. The lowest BCUT2D eigenvalue weighted by molar-refractivity contribution is 0.663. The van der Waals surface area contributed by atoms with Crippen molar-refractivity contribution in [2.45, 2.75) is 6.17 Å². The van der Waals surface area contributed by atoms with Gasteiger partial charge in [0, 0.05) is 38.2 Å². The van der Waals surface area contributed by atoms with Gasteiger partial charge in [0.05, 0.1) is 0 Å². The summed E-state index contributed by atoms with van der Waals surface area (Å²) in [5.41, 5.74) is 8.51. The molecule has 11 rings (SSSR count). The third-order valence-electron chi connectivity index (χ3n) is 10.3. The highest BCUT2D eigenvalue weighted by atomic mass is 16.3. The Kier molecular flexibility index (Phi) is 6.25. The number of hydrogen-bond acceptors (Lipinski definition) is 5. The van der Waals surface area contributed by atoms with Crippen LogP contribution in [-0.4, -0.2) is 11.7 Å². The first-order chi connectivity index (χ1) is 25.8. The van der Waals surface area contributed by atoms with Gasteiger partial charge in [0.15, 0.2) is 5.84 Å². The van der Waals surface area contributed by atoms with E-state index in [9.17, 15) is 0 Å². The van der Waals surface area contributed by atoms with Gasteiger partial charge in [-0.15, -0.1) is 0 Å². The average molecular weight is 668 g/mol. The summed E-state index contributed by atoms with van der Waals surface area (Å²) >= 11 is 0. The number of para-hydroxylation sites is 2. The fourth-order valence-corrected chi connectivity index (χ4v) is 7.92. The van der Waals surface area contributed by atoms with E-state index < -0.39 is 0 Å². The van der Waals surface area contributed by atoms with Crippen molar-refractivity contribution in [1.29, 1.82) is 0 Å². The van der Waals surface area contributed by atoms with Crippen molar-refractivity contribution in [1.82, 2.24) is 5.32 Å². The van der Waals surface area contributed by atoms with E-state index in [2.05, 4.69) is 115 Å². The van der Waals surface area contributed by atoms with E-state index in [-0.39, 0.29) is 6.17 Å². The molecule has 244 valence electrons. The quantitative estimate of drug-likeness (QED) is 0.190. The highest BCUT2D eigenvalue weighted by Crippen LogP contribution is 2.42. The van der Waals surface area contributed by atoms with E-state index >= 15 is 0 Å². The number of furan rings is 2. The van der Waals surface area contributed by atoms with E-state index in [1.54, 1.807) is 0 Å². The zero-order chi connectivity index (χ0) is 34.2. The molecule has 0 bridgehead atoms. The lowest BCUT2D eigenvalue weighted by Crippen LogP contribution is -2.33. The van der Waals surface area contributed by atoms with Gasteiger partial charge in [0.25, 0.3) is 0 Å². The van der Waals surface area contributed by atoms with Crippen molar-refractivity contribution >= 4 is 77.1 Å². The monoisotopic (exact) mass is 667 g/mol. The molecule has 0 amide bonds. The second-order valence-electron chi connectivity index (χ2n) is 13.3. The normalized spacial score (nSPS) is 14.7. The van der Waals surface area contributed by atoms with Crippen LogP contribution >= 0.6 is 0 Å². The summed E-state index contributed by atoms with van der Waals surface area (Å²) in [5, 5.41) is 12.7. The Morgan fingerprint density at radius 3 is 2.06 bits per heavy atom. The number of nitrogens with one attached hydrogen (secondary N) is 1. The average Bonchev–Trinajstić information content (AvgIpc) is 3.79. The van der Waals surface area contributed by atoms with Crippen LogP contribution in [-0.2, 0) is 0 Å². The number of benzene rings is 8. The number of hydrogen-bond donors (Lipinski definition) is 1. The van der Waals surface area contributed by atoms with Crippen molar-refractivity contribution < 1.29 is 8.83 Å². The molecule has 5 nitrogen and oxygen atoms in total. The molecule has 0 fully saturated rings. The molecule has 5 heteroatoms. The van der Waals surface area contributed by atoms with Crippen LogP contribution < -0.4 is 5.32 Å². The van der Waals surface area contributed by atoms with Crippen LogP contribution in [0.3, 0.4) is 0 Å². The van der Waals surface area contributed by atoms with Crippen molar-refractivity contribution in [2.75, 3.05) is 0 Å². The first kappa shape index (κ1) is 28.8. The molecule has 10 aromatic rings. The molecule has 0 saturated carbocycles. The highest BCUT2D eigenvalue weighted by molar-refractivity contribution is 6.24. The minimum absolute atomic E-state index is 0.381. The van der Waals surface area contributed by atoms with E-state index in [1.807, 2.05) is 54.6 Å². The van der Waals surface area contributed by atoms with Gasteiger partial charge in [0.2, 0.25) is 0 Å². The molecule has 1 unspecified atom stereocenters. The maximum atomic E-state index is 6.80. The maximum absolute atomic E-state index is 6.80. The smallest absolute Gasteiger partial charge is 0.160 e. The van der Waals surface area contributed by atoms with E-state index in [1.165, 1.54) is 21.5 Å². The van der Waals surface area contributed by atoms with Crippen molar-refractivity contribution in [2.24, 2.45) is 9.98 Å². The topological polar surface area (TPSA) is 63.0 Å². The zero-order valence-corrected chi connectivity index (χ0v) is 27.9. The van der Waals surface area contributed by atoms with Crippen LogP contribution in [0, 0.1) is 0 Å². The first-order valence-electron chi connectivity index (χ1n) is 17.5. The highest BCUT2D eigenvalue weighted by Gasteiger charge is 2.25. The third kappa shape index (κ3) is 4.42. The summed E-state index contributed by atoms with van der Waals surface area (Å²) in [4.78, 5) is 10.5. The van der Waals surface area contributed by atoms with E-state index in [0.29, 0.717) is 5.84 Å². The van der Waals surface area contributed by atoms with Crippen LogP contribution in [0.25, 0.3) is 76.5 Å². The summed E-state index contributed by atoms with van der Waals surface area (Å²) in [6.45, 7) is 0. The maximum Gasteiger partial charge on any atom is 0.160 e. The predicted octanol–water partition coefficient (Wildman–Crippen LogP) is 12.0. The minimum Gasteiger partial charge on any atom is -0.456 e. The van der Waals surface area contributed by atoms with Crippen LogP contribution in [0.5, 0.6) is 0 Å². The molecule has 1 aliphatic heterocycles. The zero-order valence-electron chi connectivity index (χ0n) is 27.9. The van der Waals surface area contributed by atoms with E-state index in [0.717, 1.165) is 77.5 Å². The van der Waals surface area contributed by atoms with Gasteiger partial charge in [-0.05, 0) is 63.0 Å². The Morgan fingerprint density at radius 1 is 0.462 bits per heavy atom. The number of rotatable bonds is 4. The van der Waals surface area contributed by atoms with Gasteiger partial charge in [-0.1, -0.05) is 133 Å². The Hall–Kier alpha value is -6.98. The fourth-order valence-electron chi connectivity index (χ4n) is 7.92. The van der Waals surface area contributed by atoms with E-state index in [4.69, 9.17) is 18.8 Å². The molecule has 1 N–H and O–H groups in total. The molecule has 2 aromatic heterocycles. The van der Waals surface area contributed by atoms with Crippen LogP contribution in [0.4, 0.5) is 0 Å². The lowest BCUT2D eigenvalue weighted by Gasteiger charge is -2.24. The lowest BCUT2D eigenvalue weighted by atomic mass is 9.92. The van der Waals surface area contributed by atoms with Gasteiger partial charge in [-0.25, -0.2) is 9.98 Å². The molecule has 0 saturated heterocycles. The summed E-state index contributed by atoms with van der Waals surface area (Å²) in [7, 11) is 0. The molecule has 0 aliphatic carbocycles. The molecule has 0 spiro atoms. The third-order valence-corrected chi connectivity index (χ3v) is 10.3.